The van der Waals surface area contributed by atoms with Gasteiger partial charge in [0.05, 0.1) is 0 Å². The molecule has 2 aromatic carbocycles. The molecule has 23 heavy (non-hydrogen) atoms. The second kappa shape index (κ2) is 5.13. The fourth-order valence-corrected chi connectivity index (χ4v) is 3.03. The Morgan fingerprint density at radius 2 is 2.00 bits per heavy atom. The normalized spacial score (nSPS) is 20.4. The van der Waals surface area contributed by atoms with Crippen molar-refractivity contribution in [3.63, 3.8) is 0 Å². The molecule has 1 atom stereocenters. The number of ether oxygens (including phenoxy) is 1. The van der Waals surface area contributed by atoms with E-state index in [9.17, 15) is 4.79 Å². The minimum atomic E-state index is -0.0842. The standard InChI is InChI=1S/C20H17NO2/c1-12-7-8-18-16(9-12)17(20(22)21-18)11-15-10-14-5-3-4-6-19(14)23-13(15)2/h3-11,13H,1-2H3,(H,21,22). The van der Waals surface area contributed by atoms with Crippen LogP contribution < -0.4 is 10.1 Å². The molecule has 0 spiro atoms. The largest absolute Gasteiger partial charge is 0.485 e. The van der Waals surface area contributed by atoms with Crippen LogP contribution in [0.5, 0.6) is 5.75 Å². The van der Waals surface area contributed by atoms with Crippen LogP contribution >= 0.6 is 0 Å². The summed E-state index contributed by atoms with van der Waals surface area (Å²) in [5.74, 6) is 0.826. The number of carbonyl (C=O) groups is 1. The third kappa shape index (κ3) is 2.34. The zero-order valence-corrected chi connectivity index (χ0v) is 13.1. The number of hydrogen-bond acceptors (Lipinski definition) is 2. The third-order valence-electron chi connectivity index (χ3n) is 4.28. The fraction of sp³-hybridized carbons (Fsp3) is 0.150. The molecule has 3 heteroatoms. The Kier molecular flexibility index (Phi) is 3.08. The van der Waals surface area contributed by atoms with Crippen LogP contribution in [0.15, 0.2) is 54.1 Å². The fourth-order valence-electron chi connectivity index (χ4n) is 3.03. The molecule has 2 aromatic rings. The maximum absolute atomic E-state index is 12.3. The van der Waals surface area contributed by atoms with Gasteiger partial charge in [-0.1, -0.05) is 29.8 Å². The highest BCUT2D eigenvalue weighted by Crippen LogP contribution is 2.36. The average molecular weight is 303 g/mol. The maximum atomic E-state index is 12.3. The lowest BCUT2D eigenvalue weighted by Crippen LogP contribution is -2.18. The number of aryl methyl sites for hydroxylation is 1. The first-order valence-electron chi connectivity index (χ1n) is 7.73. The number of amides is 1. The van der Waals surface area contributed by atoms with E-state index in [0.717, 1.165) is 33.7 Å². The Bertz CT molecular complexity index is 877. The van der Waals surface area contributed by atoms with Crippen molar-refractivity contribution in [2.75, 3.05) is 5.32 Å². The maximum Gasteiger partial charge on any atom is 0.256 e. The van der Waals surface area contributed by atoms with Crippen molar-refractivity contribution in [2.45, 2.75) is 20.0 Å². The molecule has 0 bridgehead atoms. The summed E-state index contributed by atoms with van der Waals surface area (Å²) < 4.78 is 5.96. The highest BCUT2D eigenvalue weighted by molar-refractivity contribution is 6.32. The van der Waals surface area contributed by atoms with Gasteiger partial charge in [0.1, 0.15) is 11.9 Å². The summed E-state index contributed by atoms with van der Waals surface area (Å²) >= 11 is 0. The van der Waals surface area contributed by atoms with Gasteiger partial charge in [-0.2, -0.15) is 0 Å². The van der Waals surface area contributed by atoms with Crippen molar-refractivity contribution < 1.29 is 9.53 Å². The molecule has 0 radical (unpaired) electrons. The molecule has 0 fully saturated rings. The third-order valence-corrected chi connectivity index (χ3v) is 4.28. The van der Waals surface area contributed by atoms with Gasteiger partial charge < -0.3 is 10.1 Å². The van der Waals surface area contributed by atoms with Gasteiger partial charge in [0.15, 0.2) is 0 Å². The second-order valence-electron chi connectivity index (χ2n) is 6.00. The first-order chi connectivity index (χ1) is 11.1. The quantitative estimate of drug-likeness (QED) is 0.802. The zero-order chi connectivity index (χ0) is 16.0. The van der Waals surface area contributed by atoms with E-state index in [1.807, 2.05) is 62.4 Å². The summed E-state index contributed by atoms with van der Waals surface area (Å²) in [6.45, 7) is 4.03. The van der Waals surface area contributed by atoms with Crippen LogP contribution in [0.2, 0.25) is 0 Å². The van der Waals surface area contributed by atoms with Crippen molar-refractivity contribution in [3.05, 3.63) is 70.8 Å². The number of para-hydroxylation sites is 1. The molecule has 4 rings (SSSR count). The van der Waals surface area contributed by atoms with Crippen LogP contribution in [-0.4, -0.2) is 12.0 Å². The number of benzene rings is 2. The number of fused-ring (bicyclic) bond motifs is 2. The SMILES string of the molecule is Cc1ccc2c(c1)C(=CC1=Cc3ccccc3OC1C)C(=O)N2. The van der Waals surface area contributed by atoms with Gasteiger partial charge in [0, 0.05) is 22.4 Å². The Balaban J connectivity index is 1.81. The Morgan fingerprint density at radius 1 is 1.17 bits per heavy atom. The van der Waals surface area contributed by atoms with Crippen molar-refractivity contribution in [3.8, 4) is 5.75 Å². The molecule has 0 saturated carbocycles. The molecule has 1 N–H and O–H groups in total. The lowest BCUT2D eigenvalue weighted by molar-refractivity contribution is -0.110. The van der Waals surface area contributed by atoms with Crippen molar-refractivity contribution >= 4 is 23.2 Å². The predicted octanol–water partition coefficient (Wildman–Crippen LogP) is 4.20. The van der Waals surface area contributed by atoms with Crippen LogP contribution in [0.4, 0.5) is 5.69 Å². The number of anilines is 1. The van der Waals surface area contributed by atoms with E-state index in [1.54, 1.807) is 0 Å². The van der Waals surface area contributed by atoms with Crippen molar-refractivity contribution in [1.82, 2.24) is 0 Å². The number of rotatable bonds is 1. The monoisotopic (exact) mass is 303 g/mol. The molecule has 114 valence electrons. The molecule has 2 aliphatic rings. The van der Waals surface area contributed by atoms with E-state index in [-0.39, 0.29) is 12.0 Å². The Labute approximate surface area is 135 Å². The topological polar surface area (TPSA) is 38.3 Å². The van der Waals surface area contributed by atoms with Crippen LogP contribution in [0.1, 0.15) is 23.6 Å². The Morgan fingerprint density at radius 3 is 2.87 bits per heavy atom. The molecular formula is C20H17NO2. The summed E-state index contributed by atoms with van der Waals surface area (Å²) in [5.41, 5.74) is 5.71. The summed E-state index contributed by atoms with van der Waals surface area (Å²) in [6, 6.07) is 13.9. The second-order valence-corrected chi connectivity index (χ2v) is 6.00. The van der Waals surface area contributed by atoms with E-state index in [4.69, 9.17) is 4.74 Å². The summed E-state index contributed by atoms with van der Waals surface area (Å²) in [5, 5.41) is 2.92. The summed E-state index contributed by atoms with van der Waals surface area (Å²) in [6.07, 6.45) is 3.96. The molecule has 2 heterocycles. The highest BCUT2D eigenvalue weighted by atomic mass is 16.5. The predicted molar refractivity (Wildman–Crippen MR) is 92.3 cm³/mol. The van der Waals surface area contributed by atoms with Gasteiger partial charge >= 0.3 is 0 Å². The molecule has 0 aromatic heterocycles. The molecule has 2 aliphatic heterocycles. The summed E-state index contributed by atoms with van der Waals surface area (Å²) in [4.78, 5) is 12.3. The number of hydrogen-bond donors (Lipinski definition) is 1. The highest BCUT2D eigenvalue weighted by Gasteiger charge is 2.26. The lowest BCUT2D eigenvalue weighted by Gasteiger charge is -2.23. The van der Waals surface area contributed by atoms with E-state index >= 15 is 0 Å². The van der Waals surface area contributed by atoms with Crippen LogP contribution in [0.25, 0.3) is 11.6 Å². The van der Waals surface area contributed by atoms with Gasteiger partial charge in [0.2, 0.25) is 0 Å². The van der Waals surface area contributed by atoms with Gasteiger partial charge in [0.25, 0.3) is 5.91 Å². The van der Waals surface area contributed by atoms with E-state index in [1.165, 1.54) is 0 Å². The molecule has 0 saturated heterocycles. The molecule has 3 nitrogen and oxygen atoms in total. The van der Waals surface area contributed by atoms with E-state index < -0.39 is 0 Å². The molecule has 1 unspecified atom stereocenters. The summed E-state index contributed by atoms with van der Waals surface area (Å²) in [7, 11) is 0. The minimum absolute atomic E-state index is 0.0578. The number of carbonyl (C=O) groups excluding carboxylic acids is 1. The van der Waals surface area contributed by atoms with Crippen LogP contribution in [0.3, 0.4) is 0 Å². The molecule has 0 aliphatic carbocycles. The zero-order valence-electron chi connectivity index (χ0n) is 13.1. The van der Waals surface area contributed by atoms with E-state index in [0.29, 0.717) is 5.57 Å². The Hall–Kier alpha value is -2.81. The van der Waals surface area contributed by atoms with Crippen molar-refractivity contribution in [1.29, 1.82) is 0 Å². The van der Waals surface area contributed by atoms with Crippen LogP contribution in [-0.2, 0) is 4.79 Å². The number of nitrogens with one attached hydrogen (secondary N) is 1. The molecular weight excluding hydrogens is 286 g/mol. The van der Waals surface area contributed by atoms with E-state index in [2.05, 4.69) is 11.4 Å². The first-order valence-corrected chi connectivity index (χ1v) is 7.73. The van der Waals surface area contributed by atoms with Gasteiger partial charge in [-0.3, -0.25) is 4.79 Å². The smallest absolute Gasteiger partial charge is 0.256 e. The molecule has 1 amide bonds. The minimum Gasteiger partial charge on any atom is -0.485 e. The lowest BCUT2D eigenvalue weighted by atomic mass is 9.97. The van der Waals surface area contributed by atoms with Gasteiger partial charge in [-0.05, 0) is 49.8 Å². The van der Waals surface area contributed by atoms with Crippen molar-refractivity contribution in [2.24, 2.45) is 0 Å². The van der Waals surface area contributed by atoms with Gasteiger partial charge in [-0.25, -0.2) is 0 Å². The van der Waals surface area contributed by atoms with Gasteiger partial charge in [-0.15, -0.1) is 0 Å². The first kappa shape index (κ1) is 13.8. The average Bonchev–Trinajstić information content (AvgIpc) is 2.83. The van der Waals surface area contributed by atoms with Crippen LogP contribution in [0, 0.1) is 6.92 Å².